The fourth-order valence-electron chi connectivity index (χ4n) is 2.25. The maximum atomic E-state index is 14.0. The van der Waals surface area contributed by atoms with E-state index in [9.17, 15) is 9.18 Å². The van der Waals surface area contributed by atoms with Crippen LogP contribution < -0.4 is 11.1 Å². The van der Waals surface area contributed by atoms with Gasteiger partial charge >= 0.3 is 0 Å². The van der Waals surface area contributed by atoms with Crippen LogP contribution in [0.2, 0.25) is 5.02 Å². The van der Waals surface area contributed by atoms with E-state index >= 15 is 0 Å². The van der Waals surface area contributed by atoms with E-state index in [0.717, 1.165) is 0 Å². The van der Waals surface area contributed by atoms with Crippen LogP contribution in [-0.4, -0.2) is 26.1 Å². The molecule has 128 valence electrons. The lowest BCUT2D eigenvalue weighted by molar-refractivity contribution is -0.117. The predicted molar refractivity (Wildman–Crippen MR) is 90.9 cm³/mol. The zero-order valence-electron chi connectivity index (χ0n) is 13.1. The Morgan fingerprint density at radius 1 is 1.28 bits per heavy atom. The second-order valence-electron chi connectivity index (χ2n) is 5.32. The maximum absolute atomic E-state index is 14.0. The van der Waals surface area contributed by atoms with Gasteiger partial charge in [0, 0.05) is 10.7 Å². The van der Waals surface area contributed by atoms with Crippen LogP contribution in [0.25, 0.3) is 5.69 Å². The highest BCUT2D eigenvalue weighted by Gasteiger charge is 2.17. The molecular formula is C16H14ClFN6O. The number of hydrogen-bond donors (Lipinski definition) is 2. The molecule has 9 heteroatoms. The van der Waals surface area contributed by atoms with Gasteiger partial charge in [0.1, 0.15) is 17.5 Å². The van der Waals surface area contributed by atoms with Gasteiger partial charge < -0.3 is 11.1 Å². The van der Waals surface area contributed by atoms with Crippen molar-refractivity contribution in [2.45, 2.75) is 13.0 Å². The molecule has 2 aromatic carbocycles. The number of benzene rings is 2. The van der Waals surface area contributed by atoms with Crippen molar-refractivity contribution >= 4 is 23.2 Å². The first kappa shape index (κ1) is 17.0. The van der Waals surface area contributed by atoms with Gasteiger partial charge in [0.05, 0.1) is 0 Å². The first-order valence-electron chi connectivity index (χ1n) is 7.32. The average molecular weight is 361 g/mol. The standard InChI is InChI=1S/C16H14ClFN6O/c1-9-21-22-23-24(9)14-8-12(6-7-13(14)18)20-16(25)15(19)10-2-4-11(17)5-3-10/h2-8,15H,19H2,1H3,(H,20,25). The predicted octanol–water partition coefficient (Wildman–Crippen LogP) is 2.40. The van der Waals surface area contributed by atoms with E-state index in [-0.39, 0.29) is 5.69 Å². The minimum atomic E-state index is -0.888. The topological polar surface area (TPSA) is 98.7 Å². The number of carbonyl (C=O) groups is 1. The lowest BCUT2D eigenvalue weighted by Crippen LogP contribution is -2.27. The number of aryl methyl sites for hydroxylation is 1. The molecule has 0 spiro atoms. The van der Waals surface area contributed by atoms with Crippen LogP contribution in [0.4, 0.5) is 10.1 Å². The van der Waals surface area contributed by atoms with Gasteiger partial charge in [-0.2, -0.15) is 4.68 Å². The number of aromatic nitrogens is 4. The molecule has 1 aromatic heterocycles. The smallest absolute Gasteiger partial charge is 0.245 e. The summed E-state index contributed by atoms with van der Waals surface area (Å²) in [5.41, 5.74) is 7.07. The summed E-state index contributed by atoms with van der Waals surface area (Å²) in [6, 6.07) is 9.86. The quantitative estimate of drug-likeness (QED) is 0.744. The van der Waals surface area contributed by atoms with Gasteiger partial charge in [0.25, 0.3) is 0 Å². The second kappa shape index (κ2) is 6.96. The molecule has 1 amide bonds. The first-order valence-corrected chi connectivity index (χ1v) is 7.70. The highest BCUT2D eigenvalue weighted by Crippen LogP contribution is 2.21. The van der Waals surface area contributed by atoms with Crippen LogP contribution in [-0.2, 0) is 4.79 Å². The molecule has 7 nitrogen and oxygen atoms in total. The van der Waals surface area contributed by atoms with E-state index in [1.54, 1.807) is 31.2 Å². The average Bonchev–Trinajstić information content (AvgIpc) is 3.02. The summed E-state index contributed by atoms with van der Waals surface area (Å²) < 4.78 is 15.3. The number of hydrogen-bond acceptors (Lipinski definition) is 5. The summed E-state index contributed by atoms with van der Waals surface area (Å²) in [5.74, 6) is -0.538. The molecule has 1 heterocycles. The minimum Gasteiger partial charge on any atom is -0.324 e. The van der Waals surface area contributed by atoms with E-state index in [2.05, 4.69) is 20.8 Å². The molecule has 0 saturated carbocycles. The van der Waals surface area contributed by atoms with Crippen molar-refractivity contribution in [3.05, 3.63) is 64.7 Å². The Morgan fingerprint density at radius 2 is 2.00 bits per heavy atom. The molecule has 1 atom stereocenters. The number of tetrazole rings is 1. The highest BCUT2D eigenvalue weighted by molar-refractivity contribution is 6.30. The van der Waals surface area contributed by atoms with Crippen LogP contribution in [0.3, 0.4) is 0 Å². The van der Waals surface area contributed by atoms with E-state index in [1.807, 2.05) is 0 Å². The van der Waals surface area contributed by atoms with Gasteiger partial charge in [-0.1, -0.05) is 23.7 Å². The Kier molecular flexibility index (Phi) is 4.73. The number of amides is 1. The summed E-state index contributed by atoms with van der Waals surface area (Å²) in [5, 5.41) is 14.1. The van der Waals surface area contributed by atoms with Gasteiger partial charge in [0.15, 0.2) is 5.82 Å². The highest BCUT2D eigenvalue weighted by atomic mass is 35.5. The Morgan fingerprint density at radius 3 is 2.64 bits per heavy atom. The van der Waals surface area contributed by atoms with Gasteiger partial charge in [-0.3, -0.25) is 4.79 Å². The van der Waals surface area contributed by atoms with Crippen molar-refractivity contribution < 1.29 is 9.18 Å². The number of anilines is 1. The van der Waals surface area contributed by atoms with Gasteiger partial charge in [-0.25, -0.2) is 4.39 Å². The molecule has 0 radical (unpaired) electrons. The van der Waals surface area contributed by atoms with E-state index in [1.165, 1.54) is 22.9 Å². The maximum Gasteiger partial charge on any atom is 0.245 e. The number of rotatable bonds is 4. The Bertz CT molecular complexity index is 911. The fraction of sp³-hybridized carbons (Fsp3) is 0.125. The first-order chi connectivity index (χ1) is 12.0. The monoisotopic (exact) mass is 360 g/mol. The van der Waals surface area contributed by atoms with E-state index < -0.39 is 17.8 Å². The van der Waals surface area contributed by atoms with Gasteiger partial charge in [-0.15, -0.1) is 5.10 Å². The van der Waals surface area contributed by atoms with E-state index in [4.69, 9.17) is 17.3 Å². The molecule has 0 aliphatic rings. The lowest BCUT2D eigenvalue weighted by atomic mass is 10.1. The molecule has 0 bridgehead atoms. The zero-order chi connectivity index (χ0) is 18.0. The molecule has 25 heavy (non-hydrogen) atoms. The molecule has 0 aliphatic carbocycles. The molecule has 0 fully saturated rings. The van der Waals surface area contributed by atoms with Crippen LogP contribution in [0, 0.1) is 12.7 Å². The SMILES string of the molecule is Cc1nnnn1-c1cc(NC(=O)C(N)c2ccc(Cl)cc2)ccc1F. The third-order valence-corrected chi connectivity index (χ3v) is 3.83. The normalized spacial score (nSPS) is 12.0. The van der Waals surface area contributed by atoms with Gasteiger partial charge in [0.2, 0.25) is 5.91 Å². The van der Waals surface area contributed by atoms with Crippen LogP contribution in [0.5, 0.6) is 0 Å². The molecule has 3 rings (SSSR count). The number of halogens is 2. The van der Waals surface area contributed by atoms with Crippen LogP contribution in [0.1, 0.15) is 17.4 Å². The number of nitrogens with one attached hydrogen (secondary N) is 1. The Hall–Kier alpha value is -2.84. The molecule has 3 N–H and O–H groups in total. The second-order valence-corrected chi connectivity index (χ2v) is 5.76. The summed E-state index contributed by atoms with van der Waals surface area (Å²) >= 11 is 5.82. The van der Waals surface area contributed by atoms with Crippen molar-refractivity contribution in [1.82, 2.24) is 20.2 Å². The van der Waals surface area contributed by atoms with E-state index in [0.29, 0.717) is 22.1 Å². The molecule has 3 aromatic rings. The van der Waals surface area contributed by atoms with Crippen molar-refractivity contribution in [2.75, 3.05) is 5.32 Å². The molecule has 1 unspecified atom stereocenters. The van der Waals surface area contributed by atoms with Crippen LogP contribution in [0.15, 0.2) is 42.5 Å². The van der Waals surface area contributed by atoms with Crippen molar-refractivity contribution in [1.29, 1.82) is 0 Å². The summed E-state index contributed by atoms with van der Waals surface area (Å²) in [6.45, 7) is 1.64. The number of carbonyl (C=O) groups excluding carboxylic acids is 1. The zero-order valence-corrected chi connectivity index (χ0v) is 13.9. The summed E-state index contributed by atoms with van der Waals surface area (Å²) in [6.07, 6.45) is 0. The lowest BCUT2D eigenvalue weighted by Gasteiger charge is -2.14. The molecular weight excluding hydrogens is 347 g/mol. The minimum absolute atomic E-state index is 0.125. The Balaban J connectivity index is 1.82. The third kappa shape index (κ3) is 3.65. The number of nitrogens with two attached hydrogens (primary N) is 1. The fourth-order valence-corrected chi connectivity index (χ4v) is 2.37. The van der Waals surface area contributed by atoms with Crippen molar-refractivity contribution in [3.63, 3.8) is 0 Å². The van der Waals surface area contributed by atoms with Gasteiger partial charge in [-0.05, 0) is 53.2 Å². The molecule has 0 aliphatic heterocycles. The summed E-state index contributed by atoms with van der Waals surface area (Å²) in [7, 11) is 0. The third-order valence-electron chi connectivity index (χ3n) is 3.58. The van der Waals surface area contributed by atoms with Crippen molar-refractivity contribution in [3.8, 4) is 5.69 Å². The Labute approximate surface area is 147 Å². The number of nitrogens with zero attached hydrogens (tertiary/aromatic N) is 4. The van der Waals surface area contributed by atoms with Crippen molar-refractivity contribution in [2.24, 2.45) is 5.73 Å². The summed E-state index contributed by atoms with van der Waals surface area (Å²) in [4.78, 5) is 12.3. The molecule has 0 saturated heterocycles. The largest absolute Gasteiger partial charge is 0.324 e. The van der Waals surface area contributed by atoms with Crippen LogP contribution >= 0.6 is 11.6 Å².